The van der Waals surface area contributed by atoms with Crippen LogP contribution in [0.2, 0.25) is 0 Å². The Hall–Kier alpha value is -1.19. The van der Waals surface area contributed by atoms with Crippen LogP contribution in [0.3, 0.4) is 0 Å². The standard InChI is InChI=1S/C17H18OS2/c1-2-16(20-15-11-7-4-8-12-15)17(18)19-13-14-9-5-3-6-10-14/h3-12,16H,2,13H2,1H3. The molecule has 0 saturated carbocycles. The Kier molecular flexibility index (Phi) is 6.22. The van der Waals surface area contributed by atoms with E-state index in [9.17, 15) is 4.79 Å². The molecule has 1 unspecified atom stereocenters. The highest BCUT2D eigenvalue weighted by molar-refractivity contribution is 8.15. The molecule has 0 heterocycles. The summed E-state index contributed by atoms with van der Waals surface area (Å²) in [4.78, 5) is 13.5. The highest BCUT2D eigenvalue weighted by Crippen LogP contribution is 2.29. The molecule has 0 bridgehead atoms. The lowest BCUT2D eigenvalue weighted by Crippen LogP contribution is -2.12. The molecule has 2 aromatic carbocycles. The van der Waals surface area contributed by atoms with Gasteiger partial charge in [0.15, 0.2) is 0 Å². The molecular formula is C17H18OS2. The van der Waals surface area contributed by atoms with Crippen LogP contribution in [-0.4, -0.2) is 10.4 Å². The van der Waals surface area contributed by atoms with Crippen LogP contribution in [0, 0.1) is 0 Å². The Morgan fingerprint density at radius 2 is 1.60 bits per heavy atom. The first-order chi connectivity index (χ1) is 9.79. The minimum atomic E-state index is 0.0334. The maximum atomic E-state index is 12.3. The monoisotopic (exact) mass is 302 g/mol. The molecule has 0 aliphatic rings. The highest BCUT2D eigenvalue weighted by Gasteiger charge is 2.18. The van der Waals surface area contributed by atoms with E-state index >= 15 is 0 Å². The molecule has 0 aromatic heterocycles. The van der Waals surface area contributed by atoms with Gasteiger partial charge in [0.05, 0.1) is 5.25 Å². The molecule has 0 saturated heterocycles. The van der Waals surface area contributed by atoms with E-state index in [4.69, 9.17) is 0 Å². The van der Waals surface area contributed by atoms with Crippen molar-refractivity contribution in [3.05, 3.63) is 66.2 Å². The lowest BCUT2D eigenvalue weighted by atomic mass is 10.2. The van der Waals surface area contributed by atoms with Gasteiger partial charge in [-0.15, -0.1) is 11.8 Å². The third-order valence-electron chi connectivity index (χ3n) is 2.88. The molecule has 0 aliphatic carbocycles. The SMILES string of the molecule is CCC(Sc1ccccc1)C(=O)SCc1ccccc1. The molecule has 0 aliphatic heterocycles. The molecule has 2 aromatic rings. The topological polar surface area (TPSA) is 17.1 Å². The third-order valence-corrected chi connectivity index (χ3v) is 5.45. The van der Waals surface area contributed by atoms with Gasteiger partial charge in [-0.1, -0.05) is 67.2 Å². The van der Waals surface area contributed by atoms with E-state index in [-0.39, 0.29) is 10.4 Å². The number of thioether (sulfide) groups is 2. The lowest BCUT2D eigenvalue weighted by Gasteiger charge is -2.12. The van der Waals surface area contributed by atoms with Crippen LogP contribution in [0.25, 0.3) is 0 Å². The fraction of sp³-hybridized carbons (Fsp3) is 0.235. The van der Waals surface area contributed by atoms with Crippen LogP contribution < -0.4 is 0 Å². The fourth-order valence-electron chi connectivity index (χ4n) is 1.78. The van der Waals surface area contributed by atoms with Gasteiger partial charge in [0.2, 0.25) is 5.12 Å². The van der Waals surface area contributed by atoms with Crippen molar-refractivity contribution >= 4 is 28.6 Å². The van der Waals surface area contributed by atoms with Crippen molar-refractivity contribution < 1.29 is 4.79 Å². The molecule has 0 spiro atoms. The van der Waals surface area contributed by atoms with Crippen LogP contribution in [0.1, 0.15) is 18.9 Å². The van der Waals surface area contributed by atoms with E-state index in [1.807, 2.05) is 36.4 Å². The predicted octanol–water partition coefficient (Wildman–Crippen LogP) is 5.02. The van der Waals surface area contributed by atoms with E-state index in [0.717, 1.165) is 17.1 Å². The number of hydrogen-bond donors (Lipinski definition) is 0. The molecule has 0 radical (unpaired) electrons. The summed E-state index contributed by atoms with van der Waals surface area (Å²) in [5.74, 6) is 0.755. The average Bonchev–Trinajstić information content (AvgIpc) is 2.52. The molecule has 104 valence electrons. The van der Waals surface area contributed by atoms with Crippen LogP contribution in [-0.2, 0) is 10.5 Å². The van der Waals surface area contributed by atoms with Crippen molar-refractivity contribution in [3.8, 4) is 0 Å². The minimum Gasteiger partial charge on any atom is -0.286 e. The summed E-state index contributed by atoms with van der Waals surface area (Å²) in [6, 6.07) is 20.3. The van der Waals surface area contributed by atoms with Crippen molar-refractivity contribution in [1.82, 2.24) is 0 Å². The zero-order chi connectivity index (χ0) is 14.2. The predicted molar refractivity (Wildman–Crippen MR) is 89.1 cm³/mol. The molecular weight excluding hydrogens is 284 g/mol. The molecule has 1 atom stereocenters. The average molecular weight is 302 g/mol. The Balaban J connectivity index is 1.89. The number of benzene rings is 2. The summed E-state index contributed by atoms with van der Waals surface area (Å²) in [7, 11) is 0. The second kappa shape index (κ2) is 8.18. The van der Waals surface area contributed by atoms with Gasteiger partial charge in [0.25, 0.3) is 0 Å². The van der Waals surface area contributed by atoms with Crippen molar-refractivity contribution in [2.45, 2.75) is 29.2 Å². The van der Waals surface area contributed by atoms with Gasteiger partial charge in [-0.05, 0) is 24.1 Å². The van der Waals surface area contributed by atoms with E-state index in [2.05, 4.69) is 31.2 Å². The molecule has 20 heavy (non-hydrogen) atoms. The summed E-state index contributed by atoms with van der Waals surface area (Å²) < 4.78 is 0. The molecule has 0 N–H and O–H groups in total. The largest absolute Gasteiger partial charge is 0.286 e. The quantitative estimate of drug-likeness (QED) is 0.698. The van der Waals surface area contributed by atoms with Crippen molar-refractivity contribution in [3.63, 3.8) is 0 Å². The Labute approximate surface area is 129 Å². The van der Waals surface area contributed by atoms with E-state index < -0.39 is 0 Å². The van der Waals surface area contributed by atoms with Crippen molar-refractivity contribution in [2.24, 2.45) is 0 Å². The molecule has 3 heteroatoms. The zero-order valence-electron chi connectivity index (χ0n) is 11.5. The molecule has 1 nitrogen and oxygen atoms in total. The van der Waals surface area contributed by atoms with Gasteiger partial charge >= 0.3 is 0 Å². The number of rotatable bonds is 6. The zero-order valence-corrected chi connectivity index (χ0v) is 13.1. The van der Waals surface area contributed by atoms with Crippen LogP contribution in [0.5, 0.6) is 0 Å². The number of carbonyl (C=O) groups is 1. The van der Waals surface area contributed by atoms with Crippen LogP contribution in [0.15, 0.2) is 65.6 Å². The highest BCUT2D eigenvalue weighted by atomic mass is 32.2. The first kappa shape index (κ1) is 15.2. The molecule has 0 fully saturated rings. The number of hydrogen-bond acceptors (Lipinski definition) is 3. The van der Waals surface area contributed by atoms with Gasteiger partial charge in [-0.2, -0.15) is 0 Å². The Morgan fingerprint density at radius 1 is 1.00 bits per heavy atom. The fourth-order valence-corrected chi connectivity index (χ4v) is 3.89. The first-order valence-electron chi connectivity index (χ1n) is 6.72. The van der Waals surface area contributed by atoms with E-state index in [1.54, 1.807) is 11.8 Å². The first-order valence-corrected chi connectivity index (χ1v) is 8.58. The Morgan fingerprint density at radius 3 is 2.20 bits per heavy atom. The summed E-state index contributed by atoms with van der Waals surface area (Å²) in [5, 5.41) is 0.302. The van der Waals surface area contributed by atoms with Gasteiger partial charge in [0, 0.05) is 10.6 Å². The smallest absolute Gasteiger partial charge is 0.202 e. The lowest BCUT2D eigenvalue weighted by molar-refractivity contribution is -0.110. The second-order valence-corrected chi connectivity index (χ2v) is 6.68. The normalized spacial score (nSPS) is 12.1. The number of carbonyl (C=O) groups excluding carboxylic acids is 1. The molecule has 0 amide bonds. The van der Waals surface area contributed by atoms with Crippen molar-refractivity contribution in [2.75, 3.05) is 0 Å². The van der Waals surface area contributed by atoms with Crippen molar-refractivity contribution in [1.29, 1.82) is 0 Å². The minimum absolute atomic E-state index is 0.0334. The van der Waals surface area contributed by atoms with Gasteiger partial charge in [0.1, 0.15) is 0 Å². The van der Waals surface area contributed by atoms with Gasteiger partial charge in [-0.3, -0.25) is 4.79 Å². The van der Waals surface area contributed by atoms with Crippen LogP contribution >= 0.6 is 23.5 Å². The van der Waals surface area contributed by atoms with Gasteiger partial charge in [-0.25, -0.2) is 0 Å². The van der Waals surface area contributed by atoms with E-state index in [1.165, 1.54) is 17.3 Å². The Bertz CT molecular complexity index is 525. The van der Waals surface area contributed by atoms with Crippen LogP contribution in [0.4, 0.5) is 0 Å². The van der Waals surface area contributed by atoms with Gasteiger partial charge < -0.3 is 0 Å². The van der Waals surface area contributed by atoms with E-state index in [0.29, 0.717) is 0 Å². The maximum Gasteiger partial charge on any atom is 0.202 e. The molecule has 2 rings (SSSR count). The maximum absolute atomic E-state index is 12.3. The summed E-state index contributed by atoms with van der Waals surface area (Å²) in [5.41, 5.74) is 1.20. The summed E-state index contributed by atoms with van der Waals surface area (Å²) in [6.45, 7) is 2.07. The third kappa shape index (κ3) is 4.73. The summed E-state index contributed by atoms with van der Waals surface area (Å²) in [6.07, 6.45) is 0.861. The summed E-state index contributed by atoms with van der Waals surface area (Å²) >= 11 is 3.08. The second-order valence-electron chi connectivity index (χ2n) is 4.42.